The molecule has 1 fully saturated rings. The maximum absolute atomic E-state index is 11.9. The molecule has 1 aliphatic carbocycles. The molecular weight excluding hydrogens is 238 g/mol. The largest absolute Gasteiger partial charge is 0.478 e. The van der Waals surface area contributed by atoms with Crippen molar-refractivity contribution in [3.63, 3.8) is 0 Å². The molecule has 0 unspecified atom stereocenters. The number of benzene rings is 1. The summed E-state index contributed by atoms with van der Waals surface area (Å²) in [5.74, 6) is -0.958. The molecule has 1 amide bonds. The van der Waals surface area contributed by atoms with E-state index in [4.69, 9.17) is 9.84 Å². The first-order valence-corrected chi connectivity index (χ1v) is 5.56. The number of rotatable bonds is 1. The molecule has 1 heterocycles. The smallest absolute Gasteiger partial charge is 0.335 e. The number of carboxylic acid groups (broad SMARTS) is 1. The number of aromatic carboxylic acids is 1. The fourth-order valence-electron chi connectivity index (χ4n) is 2.31. The summed E-state index contributed by atoms with van der Waals surface area (Å²) < 4.78 is 5.61. The van der Waals surface area contributed by atoms with Gasteiger partial charge >= 0.3 is 5.97 Å². The maximum atomic E-state index is 11.9. The van der Waals surface area contributed by atoms with Gasteiger partial charge in [0, 0.05) is 12.8 Å². The Morgan fingerprint density at radius 1 is 1.44 bits per heavy atom. The van der Waals surface area contributed by atoms with Crippen molar-refractivity contribution in [2.24, 2.45) is 0 Å². The predicted molar refractivity (Wildman–Crippen MR) is 60.6 cm³/mol. The molecule has 6 heteroatoms. The minimum absolute atomic E-state index is 0.0854. The van der Waals surface area contributed by atoms with Gasteiger partial charge in [-0.3, -0.25) is 4.79 Å². The summed E-state index contributed by atoms with van der Waals surface area (Å²) in [4.78, 5) is 22.7. The molecule has 1 saturated carbocycles. The molecule has 0 atom stereocenters. The zero-order valence-electron chi connectivity index (χ0n) is 9.34. The monoisotopic (exact) mass is 249 g/mol. The van der Waals surface area contributed by atoms with Crippen molar-refractivity contribution in [2.45, 2.75) is 24.5 Å². The number of ether oxygens (including phenoxy) is 1. The van der Waals surface area contributed by atoms with Crippen LogP contribution in [0.2, 0.25) is 0 Å². The molecule has 2 aliphatic rings. The molecule has 1 spiro atoms. The summed E-state index contributed by atoms with van der Waals surface area (Å²) in [5.41, 5.74) is -0.550. The SMILES string of the molecule is O=C(O)c1ccc2c(c1)NC(=O)C1(CC(O)C1)O2. The Bertz CT molecular complexity index is 547. The Morgan fingerprint density at radius 3 is 2.78 bits per heavy atom. The second kappa shape index (κ2) is 3.46. The summed E-state index contributed by atoms with van der Waals surface area (Å²) in [6.07, 6.45) is 0.00774. The minimum Gasteiger partial charge on any atom is -0.478 e. The van der Waals surface area contributed by atoms with Crippen molar-refractivity contribution in [1.82, 2.24) is 0 Å². The number of nitrogens with one attached hydrogen (secondary N) is 1. The first-order valence-electron chi connectivity index (χ1n) is 5.56. The van der Waals surface area contributed by atoms with E-state index in [1.807, 2.05) is 0 Å². The van der Waals surface area contributed by atoms with Gasteiger partial charge < -0.3 is 20.3 Å². The molecule has 3 rings (SSSR count). The van der Waals surface area contributed by atoms with Crippen molar-refractivity contribution in [1.29, 1.82) is 0 Å². The van der Waals surface area contributed by atoms with Crippen LogP contribution in [0.3, 0.4) is 0 Å². The summed E-state index contributed by atoms with van der Waals surface area (Å²) in [6, 6.07) is 4.30. The van der Waals surface area contributed by atoms with Crippen LogP contribution in [0, 0.1) is 0 Å². The fraction of sp³-hybridized carbons (Fsp3) is 0.333. The Kier molecular flexibility index (Phi) is 2.12. The van der Waals surface area contributed by atoms with E-state index in [0.717, 1.165) is 0 Å². The van der Waals surface area contributed by atoms with E-state index in [9.17, 15) is 14.7 Å². The molecule has 3 N–H and O–H groups in total. The van der Waals surface area contributed by atoms with E-state index in [1.165, 1.54) is 18.2 Å². The number of aliphatic hydroxyl groups is 1. The van der Waals surface area contributed by atoms with E-state index in [2.05, 4.69) is 5.32 Å². The van der Waals surface area contributed by atoms with Gasteiger partial charge in [0.05, 0.1) is 17.4 Å². The standard InChI is InChI=1S/C12H11NO5/c14-7-4-12(5-7)11(17)13-8-3-6(10(15)16)1-2-9(8)18-12/h1-3,7,14H,4-5H2,(H,13,17)(H,15,16). The van der Waals surface area contributed by atoms with E-state index >= 15 is 0 Å². The van der Waals surface area contributed by atoms with Gasteiger partial charge in [-0.2, -0.15) is 0 Å². The summed E-state index contributed by atoms with van der Waals surface area (Å²) >= 11 is 0. The number of fused-ring (bicyclic) bond motifs is 1. The lowest BCUT2D eigenvalue weighted by molar-refractivity contribution is -0.153. The average Bonchev–Trinajstić information content (AvgIpc) is 2.27. The summed E-state index contributed by atoms with van der Waals surface area (Å²) in [7, 11) is 0. The zero-order valence-corrected chi connectivity index (χ0v) is 9.34. The average molecular weight is 249 g/mol. The van der Waals surface area contributed by atoms with Crippen LogP contribution in [0.25, 0.3) is 0 Å². The number of aliphatic hydroxyl groups excluding tert-OH is 1. The van der Waals surface area contributed by atoms with E-state index in [0.29, 0.717) is 11.4 Å². The molecule has 6 nitrogen and oxygen atoms in total. The highest BCUT2D eigenvalue weighted by Gasteiger charge is 2.54. The third-order valence-corrected chi connectivity index (χ3v) is 3.32. The van der Waals surface area contributed by atoms with Gasteiger partial charge in [-0.05, 0) is 18.2 Å². The Balaban J connectivity index is 1.95. The predicted octanol–water partition coefficient (Wildman–Crippen LogP) is 0.609. The third-order valence-electron chi connectivity index (χ3n) is 3.32. The van der Waals surface area contributed by atoms with Crippen LogP contribution in [0.4, 0.5) is 5.69 Å². The van der Waals surface area contributed by atoms with Gasteiger partial charge in [0.25, 0.3) is 5.91 Å². The van der Waals surface area contributed by atoms with Gasteiger partial charge in [0.2, 0.25) is 0 Å². The molecule has 0 bridgehead atoms. The number of hydrogen-bond acceptors (Lipinski definition) is 4. The lowest BCUT2D eigenvalue weighted by Gasteiger charge is -2.46. The Hall–Kier alpha value is -2.08. The van der Waals surface area contributed by atoms with E-state index in [-0.39, 0.29) is 24.3 Å². The number of anilines is 1. The van der Waals surface area contributed by atoms with Crippen LogP contribution in [0.5, 0.6) is 5.75 Å². The first kappa shape index (κ1) is 11.0. The molecule has 1 aromatic rings. The zero-order chi connectivity index (χ0) is 12.9. The molecule has 18 heavy (non-hydrogen) atoms. The van der Waals surface area contributed by atoms with Gasteiger partial charge in [0.15, 0.2) is 5.60 Å². The summed E-state index contributed by atoms with van der Waals surface area (Å²) in [5, 5.41) is 20.8. The maximum Gasteiger partial charge on any atom is 0.335 e. The minimum atomic E-state index is -1.06. The summed E-state index contributed by atoms with van der Waals surface area (Å²) in [6.45, 7) is 0. The fourth-order valence-corrected chi connectivity index (χ4v) is 2.31. The highest BCUT2D eigenvalue weighted by Crippen LogP contribution is 2.43. The van der Waals surface area contributed by atoms with Gasteiger partial charge in [-0.15, -0.1) is 0 Å². The number of carbonyl (C=O) groups is 2. The van der Waals surface area contributed by atoms with Crippen molar-refractivity contribution in [3.05, 3.63) is 23.8 Å². The third kappa shape index (κ3) is 1.46. The van der Waals surface area contributed by atoms with Crippen molar-refractivity contribution < 1.29 is 24.5 Å². The Morgan fingerprint density at radius 2 is 2.17 bits per heavy atom. The van der Waals surface area contributed by atoms with Crippen molar-refractivity contribution >= 4 is 17.6 Å². The topological polar surface area (TPSA) is 95.9 Å². The van der Waals surface area contributed by atoms with Crippen LogP contribution in [0.1, 0.15) is 23.2 Å². The van der Waals surface area contributed by atoms with Crippen molar-refractivity contribution in [3.8, 4) is 5.75 Å². The highest BCUT2D eigenvalue weighted by molar-refractivity contribution is 6.02. The first-order chi connectivity index (χ1) is 8.50. The van der Waals surface area contributed by atoms with Gasteiger partial charge in [-0.1, -0.05) is 0 Å². The number of carbonyl (C=O) groups excluding carboxylic acids is 1. The molecule has 0 radical (unpaired) electrons. The van der Waals surface area contributed by atoms with Gasteiger partial charge in [0.1, 0.15) is 5.75 Å². The molecular formula is C12H11NO5. The van der Waals surface area contributed by atoms with Crippen molar-refractivity contribution in [2.75, 3.05) is 5.32 Å². The Labute approximate surface area is 102 Å². The van der Waals surface area contributed by atoms with Crippen LogP contribution >= 0.6 is 0 Å². The molecule has 94 valence electrons. The normalized spacial score (nSPS) is 28.9. The van der Waals surface area contributed by atoms with Crippen LogP contribution < -0.4 is 10.1 Å². The molecule has 0 aromatic heterocycles. The number of hydrogen-bond donors (Lipinski definition) is 3. The van der Waals surface area contributed by atoms with Gasteiger partial charge in [-0.25, -0.2) is 4.79 Å². The lowest BCUT2D eigenvalue weighted by atomic mass is 9.76. The highest BCUT2D eigenvalue weighted by atomic mass is 16.5. The molecule has 1 aromatic carbocycles. The number of carboxylic acids is 1. The van der Waals surface area contributed by atoms with Crippen LogP contribution in [0.15, 0.2) is 18.2 Å². The molecule has 1 aliphatic heterocycles. The van der Waals surface area contributed by atoms with E-state index in [1.54, 1.807) is 0 Å². The van der Waals surface area contributed by atoms with Crippen LogP contribution in [-0.2, 0) is 4.79 Å². The number of amides is 1. The van der Waals surface area contributed by atoms with Crippen LogP contribution in [-0.4, -0.2) is 33.8 Å². The second-order valence-electron chi connectivity index (χ2n) is 4.63. The van der Waals surface area contributed by atoms with E-state index < -0.39 is 17.7 Å². The molecule has 0 saturated heterocycles. The lowest BCUT2D eigenvalue weighted by Crippen LogP contribution is -2.61. The second-order valence-corrected chi connectivity index (χ2v) is 4.63. The quantitative estimate of drug-likeness (QED) is 0.677.